The van der Waals surface area contributed by atoms with E-state index in [-0.39, 0.29) is 0 Å². The molecule has 0 rings (SSSR count). The molecule has 0 saturated heterocycles. The van der Waals surface area contributed by atoms with E-state index in [0.29, 0.717) is 0 Å². The quantitative estimate of drug-likeness (QED) is 0.269. The topological polar surface area (TPSA) is 18.5 Å². The van der Waals surface area contributed by atoms with E-state index in [1.807, 2.05) is 0 Å². The monoisotopic (exact) mass is 378 g/mol. The molecule has 2 radical (unpaired) electrons. The molecular weight excluding hydrogens is 343 g/mol. The van der Waals surface area contributed by atoms with Gasteiger partial charge in [0.15, 0.2) is 0 Å². The van der Waals surface area contributed by atoms with Gasteiger partial charge in [0.1, 0.15) is 0 Å². The van der Waals surface area contributed by atoms with Crippen molar-refractivity contribution in [3.63, 3.8) is 0 Å². The molecule has 0 N–H and O–H groups in total. The molecule has 0 aromatic carbocycles. The van der Waals surface area contributed by atoms with Gasteiger partial charge < -0.3 is 0 Å². The molecule has 0 unspecified atom stereocenters. The van der Waals surface area contributed by atoms with E-state index >= 15 is 0 Å². The average molecular weight is 377 g/mol. The summed E-state index contributed by atoms with van der Waals surface area (Å²) in [5.74, 6) is 0. The van der Waals surface area contributed by atoms with E-state index < -0.39 is 22.0 Å². The SMILES string of the molecule is CCCCCCCC[O][Sn][O]CCCCCCCC. The van der Waals surface area contributed by atoms with Crippen LogP contribution in [0.25, 0.3) is 0 Å². The number of hydrogen-bond acceptors (Lipinski definition) is 2. The fraction of sp³-hybridized carbons (Fsp3) is 1.00. The summed E-state index contributed by atoms with van der Waals surface area (Å²) >= 11 is -0.938. The van der Waals surface area contributed by atoms with E-state index in [2.05, 4.69) is 13.8 Å². The molecule has 19 heavy (non-hydrogen) atoms. The average Bonchev–Trinajstić information content (AvgIpc) is 2.43. The van der Waals surface area contributed by atoms with Crippen LogP contribution in [0.4, 0.5) is 0 Å². The minimum atomic E-state index is -0.938. The van der Waals surface area contributed by atoms with Crippen molar-refractivity contribution in [2.24, 2.45) is 0 Å². The second-order valence-electron chi connectivity index (χ2n) is 5.32. The zero-order valence-corrected chi connectivity index (χ0v) is 16.1. The number of hydrogen-bond donors (Lipinski definition) is 0. The van der Waals surface area contributed by atoms with Crippen LogP contribution >= 0.6 is 0 Å². The second-order valence-corrected chi connectivity index (χ2v) is 7.44. The first-order chi connectivity index (χ1) is 9.41. The van der Waals surface area contributed by atoms with Crippen LogP contribution in [0, 0.1) is 0 Å². The van der Waals surface area contributed by atoms with Gasteiger partial charge in [-0.1, -0.05) is 0 Å². The second kappa shape index (κ2) is 18.7. The van der Waals surface area contributed by atoms with Crippen molar-refractivity contribution >= 4 is 22.0 Å². The predicted octanol–water partition coefficient (Wildman–Crippen LogP) is 5.27. The molecule has 114 valence electrons. The molecule has 0 aliphatic carbocycles. The molecule has 3 heteroatoms. The van der Waals surface area contributed by atoms with Gasteiger partial charge >= 0.3 is 132 Å². The maximum absolute atomic E-state index is 5.63. The van der Waals surface area contributed by atoms with Gasteiger partial charge in [0.05, 0.1) is 0 Å². The molecule has 0 aliphatic rings. The maximum atomic E-state index is 5.63. The molecule has 0 amide bonds. The Kier molecular flexibility index (Phi) is 19.4. The van der Waals surface area contributed by atoms with E-state index in [4.69, 9.17) is 6.15 Å². The minimum absolute atomic E-state index is 0.938. The molecular formula is C16H34O2Sn. The van der Waals surface area contributed by atoms with Crippen LogP contribution in [-0.2, 0) is 6.15 Å². The third kappa shape index (κ3) is 18.7. The predicted molar refractivity (Wildman–Crippen MR) is 84.4 cm³/mol. The Morgan fingerprint density at radius 1 is 0.526 bits per heavy atom. The fourth-order valence-electron chi connectivity index (χ4n) is 2.03. The summed E-state index contributed by atoms with van der Waals surface area (Å²) in [5, 5.41) is 0. The van der Waals surface area contributed by atoms with Gasteiger partial charge in [-0.3, -0.25) is 0 Å². The van der Waals surface area contributed by atoms with E-state index in [0.717, 1.165) is 13.2 Å². The van der Waals surface area contributed by atoms with Crippen molar-refractivity contribution in [2.45, 2.75) is 90.9 Å². The van der Waals surface area contributed by atoms with Crippen molar-refractivity contribution in [1.29, 1.82) is 0 Å². The van der Waals surface area contributed by atoms with Gasteiger partial charge in [0.2, 0.25) is 0 Å². The summed E-state index contributed by atoms with van der Waals surface area (Å²) < 4.78 is 11.3. The third-order valence-corrected chi connectivity index (χ3v) is 5.16. The molecule has 0 heterocycles. The zero-order valence-electron chi connectivity index (χ0n) is 13.2. The van der Waals surface area contributed by atoms with Crippen molar-refractivity contribution in [2.75, 3.05) is 13.2 Å². The van der Waals surface area contributed by atoms with Gasteiger partial charge in [-0.05, 0) is 0 Å². The molecule has 0 saturated carbocycles. The van der Waals surface area contributed by atoms with Crippen molar-refractivity contribution in [3.8, 4) is 0 Å². The molecule has 0 aliphatic heterocycles. The Balaban J connectivity index is 2.88. The molecule has 0 fully saturated rings. The summed E-state index contributed by atoms with van der Waals surface area (Å²) in [7, 11) is 0. The Bertz CT molecular complexity index is 138. The van der Waals surface area contributed by atoms with Crippen LogP contribution in [-0.4, -0.2) is 35.2 Å². The first-order valence-electron chi connectivity index (χ1n) is 8.40. The van der Waals surface area contributed by atoms with Crippen LogP contribution in [0.2, 0.25) is 0 Å². The molecule has 0 aromatic rings. The van der Waals surface area contributed by atoms with Gasteiger partial charge in [0, 0.05) is 0 Å². The summed E-state index contributed by atoms with van der Waals surface area (Å²) in [5.41, 5.74) is 0. The Hall–Kier alpha value is 0.719. The normalized spacial score (nSPS) is 11.1. The number of rotatable bonds is 16. The molecule has 0 spiro atoms. The van der Waals surface area contributed by atoms with Gasteiger partial charge in [-0.2, -0.15) is 0 Å². The van der Waals surface area contributed by atoms with E-state index in [1.54, 1.807) is 0 Å². The van der Waals surface area contributed by atoms with Crippen LogP contribution in [0.15, 0.2) is 0 Å². The standard InChI is InChI=1S/2C8H17O.Sn/c2*1-2-3-4-5-6-7-8-9;/h2*2-8H2,1H3;/q2*-1;+2. The number of unbranched alkanes of at least 4 members (excludes halogenated alkanes) is 10. The van der Waals surface area contributed by atoms with Crippen LogP contribution in [0.1, 0.15) is 90.9 Å². The Labute approximate surface area is 132 Å². The van der Waals surface area contributed by atoms with E-state index in [9.17, 15) is 0 Å². The first kappa shape index (κ1) is 19.7. The van der Waals surface area contributed by atoms with Gasteiger partial charge in [0.25, 0.3) is 0 Å². The molecule has 0 atom stereocenters. The summed E-state index contributed by atoms with van der Waals surface area (Å²) in [6, 6.07) is 0. The Morgan fingerprint density at radius 2 is 0.895 bits per heavy atom. The van der Waals surface area contributed by atoms with Gasteiger partial charge in [-0.25, -0.2) is 0 Å². The summed E-state index contributed by atoms with van der Waals surface area (Å²) in [4.78, 5) is 0. The first-order valence-corrected chi connectivity index (χ1v) is 10.7. The van der Waals surface area contributed by atoms with E-state index in [1.165, 1.54) is 77.0 Å². The molecule has 2 nitrogen and oxygen atoms in total. The van der Waals surface area contributed by atoms with Crippen molar-refractivity contribution in [1.82, 2.24) is 0 Å². The molecule has 0 bridgehead atoms. The van der Waals surface area contributed by atoms with Crippen molar-refractivity contribution < 1.29 is 6.15 Å². The van der Waals surface area contributed by atoms with Gasteiger partial charge in [-0.15, -0.1) is 0 Å². The summed E-state index contributed by atoms with van der Waals surface area (Å²) in [6.07, 6.45) is 16.1. The molecule has 0 aromatic heterocycles. The van der Waals surface area contributed by atoms with Crippen LogP contribution in [0.3, 0.4) is 0 Å². The zero-order chi connectivity index (χ0) is 14.0. The third-order valence-electron chi connectivity index (χ3n) is 3.32. The van der Waals surface area contributed by atoms with Crippen LogP contribution in [0.5, 0.6) is 0 Å². The fourth-order valence-corrected chi connectivity index (χ4v) is 3.57. The summed E-state index contributed by atoms with van der Waals surface area (Å²) in [6.45, 7) is 6.40. The van der Waals surface area contributed by atoms with Crippen molar-refractivity contribution in [3.05, 3.63) is 0 Å². The van der Waals surface area contributed by atoms with Crippen LogP contribution < -0.4 is 0 Å². The Morgan fingerprint density at radius 3 is 1.32 bits per heavy atom.